The van der Waals surface area contributed by atoms with Crippen molar-refractivity contribution in [3.63, 3.8) is 0 Å². The van der Waals surface area contributed by atoms with Crippen molar-refractivity contribution in [2.24, 2.45) is 4.99 Å². The lowest BCUT2D eigenvalue weighted by Crippen LogP contribution is -1.96. The minimum atomic E-state index is -1.07. The molecule has 7 heteroatoms. The molecule has 0 unspecified atom stereocenters. The summed E-state index contributed by atoms with van der Waals surface area (Å²) in [5.41, 5.74) is 2.14. The molecule has 6 nitrogen and oxygen atoms in total. The molecule has 27 heavy (non-hydrogen) atoms. The van der Waals surface area contributed by atoms with Gasteiger partial charge in [-0.3, -0.25) is 4.99 Å². The summed E-state index contributed by atoms with van der Waals surface area (Å²) in [5, 5.41) is 18.4. The quantitative estimate of drug-likeness (QED) is 0.600. The van der Waals surface area contributed by atoms with E-state index in [9.17, 15) is 9.59 Å². The molecule has 0 spiro atoms. The SMILES string of the molecule is Cc1cc(C(=O)O)ccc1-c1ccc(C=Nc2cc(C(=O)O)ccc2Cl)o1. The van der Waals surface area contributed by atoms with Gasteiger partial charge in [0.05, 0.1) is 28.1 Å². The van der Waals surface area contributed by atoms with Gasteiger partial charge in [0.15, 0.2) is 0 Å². The zero-order chi connectivity index (χ0) is 19.6. The van der Waals surface area contributed by atoms with E-state index in [0.29, 0.717) is 22.2 Å². The van der Waals surface area contributed by atoms with E-state index in [4.69, 9.17) is 26.2 Å². The lowest BCUT2D eigenvalue weighted by atomic mass is 10.0. The average molecular weight is 384 g/mol. The predicted octanol–water partition coefficient (Wildman–Crippen LogP) is 5.06. The lowest BCUT2D eigenvalue weighted by molar-refractivity contribution is 0.0686. The van der Waals surface area contributed by atoms with Crippen LogP contribution in [-0.2, 0) is 0 Å². The summed E-state index contributed by atoms with van der Waals surface area (Å²) >= 11 is 6.04. The van der Waals surface area contributed by atoms with E-state index in [2.05, 4.69) is 4.99 Å². The first-order chi connectivity index (χ1) is 12.8. The number of carboxylic acids is 2. The van der Waals surface area contributed by atoms with E-state index in [0.717, 1.165) is 11.1 Å². The van der Waals surface area contributed by atoms with Crippen LogP contribution in [0.1, 0.15) is 32.0 Å². The first-order valence-electron chi connectivity index (χ1n) is 7.86. The van der Waals surface area contributed by atoms with Crippen LogP contribution in [0.25, 0.3) is 11.3 Å². The van der Waals surface area contributed by atoms with Gasteiger partial charge >= 0.3 is 11.9 Å². The third kappa shape index (κ3) is 4.07. The van der Waals surface area contributed by atoms with Crippen LogP contribution in [-0.4, -0.2) is 28.4 Å². The van der Waals surface area contributed by atoms with Gasteiger partial charge in [-0.2, -0.15) is 0 Å². The van der Waals surface area contributed by atoms with E-state index in [-0.39, 0.29) is 11.1 Å². The number of aliphatic imine (C=N–C) groups is 1. The lowest BCUT2D eigenvalue weighted by Gasteiger charge is -2.04. The Morgan fingerprint density at radius 2 is 1.67 bits per heavy atom. The Morgan fingerprint density at radius 3 is 2.33 bits per heavy atom. The number of carboxylic acid groups (broad SMARTS) is 2. The van der Waals surface area contributed by atoms with Crippen LogP contribution in [0.2, 0.25) is 5.02 Å². The van der Waals surface area contributed by atoms with Crippen LogP contribution in [0.5, 0.6) is 0 Å². The van der Waals surface area contributed by atoms with Crippen LogP contribution in [0.4, 0.5) is 5.69 Å². The molecular formula is C20H14ClNO5. The number of aryl methyl sites for hydroxylation is 1. The first kappa shape index (κ1) is 18.4. The normalized spacial score (nSPS) is 11.0. The van der Waals surface area contributed by atoms with Gasteiger partial charge in [0.25, 0.3) is 0 Å². The minimum Gasteiger partial charge on any atom is -0.478 e. The van der Waals surface area contributed by atoms with Crippen molar-refractivity contribution in [1.29, 1.82) is 0 Å². The maximum absolute atomic E-state index is 11.0. The molecule has 0 radical (unpaired) electrons. The Bertz CT molecular complexity index is 1070. The first-order valence-corrected chi connectivity index (χ1v) is 8.24. The number of hydrogen-bond acceptors (Lipinski definition) is 4. The number of rotatable bonds is 5. The van der Waals surface area contributed by atoms with Crippen molar-refractivity contribution < 1.29 is 24.2 Å². The fourth-order valence-electron chi connectivity index (χ4n) is 2.52. The van der Waals surface area contributed by atoms with Crippen molar-refractivity contribution in [3.8, 4) is 11.3 Å². The summed E-state index contributed by atoms with van der Waals surface area (Å²) < 4.78 is 5.73. The Balaban J connectivity index is 1.87. The molecule has 0 aliphatic rings. The summed E-state index contributed by atoms with van der Waals surface area (Å²) in [6, 6.07) is 12.5. The second-order valence-corrected chi connectivity index (χ2v) is 6.17. The number of carbonyl (C=O) groups is 2. The Hall–Kier alpha value is -3.38. The average Bonchev–Trinajstić information content (AvgIpc) is 3.09. The van der Waals surface area contributed by atoms with Gasteiger partial charge in [-0.15, -0.1) is 0 Å². The van der Waals surface area contributed by atoms with Crippen LogP contribution < -0.4 is 0 Å². The molecule has 1 heterocycles. The summed E-state index contributed by atoms with van der Waals surface area (Å²) in [6.07, 6.45) is 1.44. The van der Waals surface area contributed by atoms with Crippen LogP contribution >= 0.6 is 11.6 Å². The van der Waals surface area contributed by atoms with Crippen molar-refractivity contribution in [1.82, 2.24) is 0 Å². The number of furan rings is 1. The molecule has 3 aromatic rings. The molecule has 0 saturated heterocycles. The molecule has 2 aromatic carbocycles. The molecule has 1 aromatic heterocycles. The summed E-state index contributed by atoms with van der Waals surface area (Å²) in [4.78, 5) is 26.3. The smallest absolute Gasteiger partial charge is 0.335 e. The second kappa shape index (κ2) is 7.47. The van der Waals surface area contributed by atoms with E-state index >= 15 is 0 Å². The van der Waals surface area contributed by atoms with Gasteiger partial charge in [-0.25, -0.2) is 9.59 Å². The molecule has 136 valence electrons. The predicted molar refractivity (Wildman–Crippen MR) is 102 cm³/mol. The van der Waals surface area contributed by atoms with Crippen LogP contribution in [0.15, 0.2) is 57.9 Å². The van der Waals surface area contributed by atoms with Gasteiger partial charge < -0.3 is 14.6 Å². The number of nitrogens with zero attached hydrogens (tertiary/aromatic N) is 1. The Kier molecular flexibility index (Phi) is 5.09. The van der Waals surface area contributed by atoms with Gasteiger partial charge in [0.2, 0.25) is 0 Å². The third-order valence-corrected chi connectivity index (χ3v) is 4.21. The molecule has 0 saturated carbocycles. The van der Waals surface area contributed by atoms with E-state index < -0.39 is 11.9 Å². The van der Waals surface area contributed by atoms with Crippen LogP contribution in [0.3, 0.4) is 0 Å². The number of aromatic carboxylic acids is 2. The van der Waals surface area contributed by atoms with Gasteiger partial charge in [-0.1, -0.05) is 17.7 Å². The highest BCUT2D eigenvalue weighted by atomic mass is 35.5. The van der Waals surface area contributed by atoms with Crippen molar-refractivity contribution in [3.05, 3.63) is 76.0 Å². The highest BCUT2D eigenvalue weighted by Gasteiger charge is 2.11. The van der Waals surface area contributed by atoms with Crippen molar-refractivity contribution >= 4 is 35.4 Å². The monoisotopic (exact) mass is 383 g/mol. The third-order valence-electron chi connectivity index (χ3n) is 3.89. The van der Waals surface area contributed by atoms with Crippen molar-refractivity contribution in [2.75, 3.05) is 0 Å². The minimum absolute atomic E-state index is 0.0841. The summed E-state index contributed by atoms with van der Waals surface area (Å²) in [6.45, 7) is 1.80. The molecule has 0 amide bonds. The molecule has 2 N–H and O–H groups in total. The molecule has 0 atom stereocenters. The van der Waals surface area contributed by atoms with Crippen molar-refractivity contribution in [2.45, 2.75) is 6.92 Å². The fourth-order valence-corrected chi connectivity index (χ4v) is 2.68. The fraction of sp³-hybridized carbons (Fsp3) is 0.0500. The number of halogens is 1. The van der Waals surface area contributed by atoms with E-state index in [1.807, 2.05) is 0 Å². The Morgan fingerprint density at radius 1 is 1.00 bits per heavy atom. The number of benzene rings is 2. The van der Waals surface area contributed by atoms with Gasteiger partial charge in [-0.05, 0) is 55.0 Å². The molecule has 0 fully saturated rings. The molecule has 0 bridgehead atoms. The largest absolute Gasteiger partial charge is 0.478 e. The molecule has 0 aliphatic heterocycles. The standard InChI is InChI=1S/C20H14ClNO5/c1-11-8-12(19(23)24)2-5-15(11)18-7-4-14(27-18)10-22-17-9-13(20(25)26)3-6-16(17)21/h2-10H,1H3,(H,23,24)(H,25,26). The molecular weight excluding hydrogens is 370 g/mol. The molecule has 0 aliphatic carbocycles. The second-order valence-electron chi connectivity index (χ2n) is 5.77. The topological polar surface area (TPSA) is 100 Å². The Labute approximate surface area is 159 Å². The zero-order valence-corrected chi connectivity index (χ0v) is 14.9. The molecule has 3 rings (SSSR count). The van der Waals surface area contributed by atoms with Crippen LogP contribution in [0, 0.1) is 6.92 Å². The maximum atomic E-state index is 11.0. The zero-order valence-electron chi connectivity index (χ0n) is 14.1. The van der Waals surface area contributed by atoms with E-state index in [1.54, 1.807) is 31.2 Å². The van der Waals surface area contributed by atoms with Gasteiger partial charge in [0, 0.05) is 5.56 Å². The van der Waals surface area contributed by atoms with Gasteiger partial charge in [0.1, 0.15) is 11.5 Å². The van der Waals surface area contributed by atoms with E-state index in [1.165, 1.54) is 30.5 Å². The highest BCUT2D eigenvalue weighted by molar-refractivity contribution is 6.33. The highest BCUT2D eigenvalue weighted by Crippen LogP contribution is 2.28. The number of hydrogen-bond donors (Lipinski definition) is 2. The summed E-state index contributed by atoms with van der Waals surface area (Å²) in [5.74, 6) is -1.04. The maximum Gasteiger partial charge on any atom is 0.335 e. The summed E-state index contributed by atoms with van der Waals surface area (Å²) in [7, 11) is 0.